The van der Waals surface area contributed by atoms with Crippen LogP contribution in [0.25, 0.3) is 0 Å². The molecule has 0 heterocycles. The van der Waals surface area contributed by atoms with E-state index in [2.05, 4.69) is 13.8 Å². The van der Waals surface area contributed by atoms with Crippen LogP contribution >= 0.6 is 0 Å². The van der Waals surface area contributed by atoms with Gasteiger partial charge in [-0.2, -0.15) is 0 Å². The first-order chi connectivity index (χ1) is 2.41. The molecule has 2 heteroatoms. The molecule has 0 amide bonds. The van der Waals surface area contributed by atoms with Gasteiger partial charge in [-0.3, -0.25) is 0 Å². The van der Waals surface area contributed by atoms with Crippen LogP contribution < -0.4 is 59.1 Å². The number of unbranched alkanes of at least 4 members (excludes halogenated alkanes) is 2. The van der Waals surface area contributed by atoms with Crippen LogP contribution in [0.4, 0.5) is 0 Å². The van der Waals surface area contributed by atoms with E-state index in [0.29, 0.717) is 0 Å². The second-order valence-electron chi connectivity index (χ2n) is 1.35. The van der Waals surface area contributed by atoms with Crippen molar-refractivity contribution < 1.29 is 62.0 Å². The molecule has 0 saturated heterocycles. The zero-order valence-corrected chi connectivity index (χ0v) is 10.1. The first-order valence-electron chi connectivity index (χ1n) is 2.41. The van der Waals surface area contributed by atoms with Gasteiger partial charge < -0.3 is 2.85 Å². The minimum absolute atomic E-state index is 0. The minimum atomic E-state index is 0. The van der Waals surface area contributed by atoms with Gasteiger partial charge in [0, 0.05) is 0 Å². The number of hydrogen-bond donors (Lipinski definition) is 0. The van der Waals surface area contributed by atoms with Crippen LogP contribution in [-0.4, -0.2) is 0 Å². The Labute approximate surface area is 94.0 Å². The molecule has 0 aromatic carbocycles. The molecule has 7 heavy (non-hydrogen) atoms. The average molecular weight is 120 g/mol. The van der Waals surface area contributed by atoms with Gasteiger partial charge in [0.2, 0.25) is 0 Å². The topological polar surface area (TPSA) is 0 Å². The van der Waals surface area contributed by atoms with E-state index in [4.69, 9.17) is 0 Å². The molecule has 0 aliphatic heterocycles. The molecule has 0 N–H and O–H groups in total. The van der Waals surface area contributed by atoms with Gasteiger partial charge in [0.1, 0.15) is 0 Å². The summed E-state index contributed by atoms with van der Waals surface area (Å²) in [5.74, 6) is 0. The monoisotopic (exact) mass is 120 g/mol. The van der Waals surface area contributed by atoms with Crippen LogP contribution in [0, 0.1) is 0 Å². The fourth-order valence-corrected chi connectivity index (χ4v) is 0.354. The SMILES string of the molecule is CCCCC.[H-].[H-].[Na+].[Na+]. The molecule has 0 saturated carbocycles. The van der Waals surface area contributed by atoms with E-state index in [9.17, 15) is 0 Å². The van der Waals surface area contributed by atoms with Crippen LogP contribution in [0.15, 0.2) is 0 Å². The van der Waals surface area contributed by atoms with Crippen LogP contribution in [0.3, 0.4) is 0 Å². The summed E-state index contributed by atoms with van der Waals surface area (Å²) in [7, 11) is 0. The van der Waals surface area contributed by atoms with Crippen molar-refractivity contribution in [1.82, 2.24) is 0 Å². The molecule has 0 atom stereocenters. The minimum Gasteiger partial charge on any atom is -1.00 e. The Morgan fingerprint density at radius 2 is 1.29 bits per heavy atom. The van der Waals surface area contributed by atoms with Gasteiger partial charge in [-0.1, -0.05) is 33.1 Å². The summed E-state index contributed by atoms with van der Waals surface area (Å²) in [6.45, 7) is 4.42. The third kappa shape index (κ3) is 18.0. The zero-order valence-electron chi connectivity index (χ0n) is 8.12. The molecule has 0 fully saturated rings. The van der Waals surface area contributed by atoms with Gasteiger partial charge in [-0.25, -0.2) is 0 Å². The zero-order chi connectivity index (χ0) is 4.12. The summed E-state index contributed by atoms with van der Waals surface area (Å²) < 4.78 is 0. The van der Waals surface area contributed by atoms with Crippen LogP contribution in [-0.2, 0) is 0 Å². The molecular weight excluding hydrogens is 106 g/mol. The molecule has 0 aliphatic rings. The van der Waals surface area contributed by atoms with E-state index in [1.807, 2.05) is 0 Å². The number of hydrogen-bond acceptors (Lipinski definition) is 0. The molecule has 0 aliphatic carbocycles. The van der Waals surface area contributed by atoms with Gasteiger partial charge in [0.25, 0.3) is 0 Å². The van der Waals surface area contributed by atoms with Crippen LogP contribution in [0.5, 0.6) is 0 Å². The fraction of sp³-hybridized carbons (Fsp3) is 1.00. The van der Waals surface area contributed by atoms with Crippen molar-refractivity contribution in [2.45, 2.75) is 33.1 Å². The van der Waals surface area contributed by atoms with Gasteiger partial charge in [0.05, 0.1) is 0 Å². The third-order valence-corrected chi connectivity index (χ3v) is 0.707. The standard InChI is InChI=1S/C5H12.2Na.2H/c1-3-5-4-2;;;;/h3-5H2,1-2H3;;;;/q;2*+1;2*-1. The molecule has 0 unspecified atom stereocenters. The van der Waals surface area contributed by atoms with Gasteiger partial charge in [0.15, 0.2) is 0 Å². The molecule has 0 bridgehead atoms. The maximum Gasteiger partial charge on any atom is 1.00 e. The summed E-state index contributed by atoms with van der Waals surface area (Å²) >= 11 is 0. The van der Waals surface area contributed by atoms with Gasteiger partial charge >= 0.3 is 59.1 Å². The smallest absolute Gasteiger partial charge is 1.00 e. The van der Waals surface area contributed by atoms with Crippen molar-refractivity contribution in [2.24, 2.45) is 0 Å². The molecule has 0 aromatic heterocycles. The van der Waals surface area contributed by atoms with Crippen molar-refractivity contribution in [3.05, 3.63) is 0 Å². The molecule has 0 radical (unpaired) electrons. The molecule has 0 aromatic rings. The maximum atomic E-state index is 2.21. The summed E-state index contributed by atoms with van der Waals surface area (Å²) in [6.07, 6.45) is 4.08. The van der Waals surface area contributed by atoms with E-state index in [1.54, 1.807) is 0 Å². The normalized spacial score (nSPS) is 6.00. The quantitative estimate of drug-likeness (QED) is 0.331. The Kier molecular flexibility index (Phi) is 35.8. The molecule has 36 valence electrons. The predicted molar refractivity (Wildman–Crippen MR) is 27.4 cm³/mol. The molecule has 0 spiro atoms. The first-order valence-corrected chi connectivity index (χ1v) is 2.41. The Balaban J connectivity index is -0.0000000133. The number of rotatable bonds is 2. The van der Waals surface area contributed by atoms with Gasteiger partial charge in [-0.15, -0.1) is 0 Å². The summed E-state index contributed by atoms with van der Waals surface area (Å²) in [5.41, 5.74) is 0. The van der Waals surface area contributed by atoms with Crippen molar-refractivity contribution in [2.75, 3.05) is 0 Å². The van der Waals surface area contributed by atoms with Crippen molar-refractivity contribution >= 4 is 0 Å². The molecular formula is C5H14Na2. The summed E-state index contributed by atoms with van der Waals surface area (Å²) in [5, 5.41) is 0. The van der Waals surface area contributed by atoms with E-state index < -0.39 is 0 Å². The third-order valence-electron chi connectivity index (χ3n) is 0.707. The van der Waals surface area contributed by atoms with Crippen molar-refractivity contribution in [3.63, 3.8) is 0 Å². The largest absolute Gasteiger partial charge is 1.00 e. The Morgan fingerprint density at radius 3 is 1.29 bits per heavy atom. The Bertz CT molecular complexity index is 20.4. The van der Waals surface area contributed by atoms with E-state index >= 15 is 0 Å². The summed E-state index contributed by atoms with van der Waals surface area (Å²) in [4.78, 5) is 0. The van der Waals surface area contributed by atoms with Crippen LogP contribution in [0.2, 0.25) is 0 Å². The maximum absolute atomic E-state index is 2.21. The first kappa shape index (κ1) is 16.0. The predicted octanol–water partition coefficient (Wildman–Crippen LogP) is -3.57. The van der Waals surface area contributed by atoms with Crippen molar-refractivity contribution in [3.8, 4) is 0 Å². The Morgan fingerprint density at radius 1 is 1.00 bits per heavy atom. The van der Waals surface area contributed by atoms with Crippen LogP contribution in [0.1, 0.15) is 36.0 Å². The van der Waals surface area contributed by atoms with Gasteiger partial charge in [-0.05, 0) is 0 Å². The second kappa shape index (κ2) is 15.7. The van der Waals surface area contributed by atoms with E-state index in [0.717, 1.165) is 0 Å². The van der Waals surface area contributed by atoms with E-state index in [1.165, 1.54) is 19.3 Å². The second-order valence-corrected chi connectivity index (χ2v) is 1.35. The average Bonchev–Trinajstić information content (AvgIpc) is 1.41. The Hall–Kier alpha value is 2.00. The van der Waals surface area contributed by atoms with E-state index in [-0.39, 0.29) is 62.0 Å². The summed E-state index contributed by atoms with van der Waals surface area (Å²) in [6, 6.07) is 0. The fourth-order valence-electron chi connectivity index (χ4n) is 0.354. The van der Waals surface area contributed by atoms with Crippen molar-refractivity contribution in [1.29, 1.82) is 0 Å². The molecule has 0 nitrogen and oxygen atoms in total. The molecule has 0 rings (SSSR count).